The van der Waals surface area contributed by atoms with Gasteiger partial charge < -0.3 is 15.1 Å². The molecule has 2 amide bonds. The fourth-order valence-electron chi connectivity index (χ4n) is 3.62. The van der Waals surface area contributed by atoms with Gasteiger partial charge in [0.25, 0.3) is 11.8 Å². The summed E-state index contributed by atoms with van der Waals surface area (Å²) in [5.74, 6) is 0.528. The van der Waals surface area contributed by atoms with Gasteiger partial charge in [-0.05, 0) is 62.2 Å². The first kappa shape index (κ1) is 20.1. The van der Waals surface area contributed by atoms with Crippen molar-refractivity contribution in [2.24, 2.45) is 5.92 Å². The lowest BCUT2D eigenvalue weighted by molar-refractivity contribution is 0.0690. The third-order valence-electron chi connectivity index (χ3n) is 5.39. The van der Waals surface area contributed by atoms with Crippen molar-refractivity contribution in [3.63, 3.8) is 0 Å². The Labute approximate surface area is 167 Å². The molecule has 0 atom stereocenters. The summed E-state index contributed by atoms with van der Waals surface area (Å²) >= 11 is 0. The van der Waals surface area contributed by atoms with Crippen molar-refractivity contribution in [1.29, 1.82) is 0 Å². The van der Waals surface area contributed by atoms with E-state index in [2.05, 4.69) is 12.2 Å². The van der Waals surface area contributed by atoms with Crippen LogP contribution in [0.2, 0.25) is 0 Å². The zero-order valence-corrected chi connectivity index (χ0v) is 16.7. The first-order valence-electron chi connectivity index (χ1n) is 10.0. The Morgan fingerprint density at radius 1 is 1.04 bits per heavy atom. The minimum Gasteiger partial charge on any atom is -0.339 e. The molecule has 2 aromatic rings. The topological polar surface area (TPSA) is 52.7 Å². The Bertz CT molecular complexity index is 799. The van der Waals surface area contributed by atoms with Crippen molar-refractivity contribution in [1.82, 2.24) is 10.2 Å². The molecule has 1 N–H and O–H groups in total. The molecule has 1 aliphatic rings. The Morgan fingerprint density at radius 2 is 1.71 bits per heavy atom. The van der Waals surface area contributed by atoms with Crippen molar-refractivity contribution < 1.29 is 9.59 Å². The highest BCUT2D eigenvalue weighted by Gasteiger charge is 2.24. The number of para-hydroxylation sites is 1. The number of rotatable bonds is 6. The van der Waals surface area contributed by atoms with Gasteiger partial charge in [-0.2, -0.15) is 0 Å². The molecule has 1 aliphatic heterocycles. The largest absolute Gasteiger partial charge is 0.339 e. The Kier molecular flexibility index (Phi) is 6.82. The second kappa shape index (κ2) is 9.51. The van der Waals surface area contributed by atoms with Gasteiger partial charge in [0, 0.05) is 37.0 Å². The van der Waals surface area contributed by atoms with Gasteiger partial charge in [-0.15, -0.1) is 0 Å². The summed E-state index contributed by atoms with van der Waals surface area (Å²) in [4.78, 5) is 29.3. The van der Waals surface area contributed by atoms with Crippen LogP contribution in [0.25, 0.3) is 0 Å². The summed E-state index contributed by atoms with van der Waals surface area (Å²) in [5.41, 5.74) is 1.93. The highest BCUT2D eigenvalue weighted by Crippen LogP contribution is 2.20. The zero-order chi connectivity index (χ0) is 19.9. The standard InChI is InChI=1S/C23H29N3O2/c1-3-24-17-18-12-14-26(15-13-18)23(28)20-9-7-8-19(16-20)22(27)25(2)21-10-5-4-6-11-21/h4-11,16,18,24H,3,12-15,17H2,1-2H3. The number of hydrogen-bond acceptors (Lipinski definition) is 3. The molecule has 0 spiro atoms. The minimum absolute atomic E-state index is 0.0129. The van der Waals surface area contributed by atoms with Gasteiger partial charge in [-0.25, -0.2) is 0 Å². The number of piperidine rings is 1. The fraction of sp³-hybridized carbons (Fsp3) is 0.391. The Morgan fingerprint density at radius 3 is 2.39 bits per heavy atom. The lowest BCUT2D eigenvalue weighted by Crippen LogP contribution is -2.40. The summed E-state index contributed by atoms with van der Waals surface area (Å²) in [6.45, 7) is 5.67. The molecule has 148 valence electrons. The molecule has 0 unspecified atom stereocenters. The molecule has 1 heterocycles. The molecule has 1 saturated heterocycles. The molecule has 5 nitrogen and oxygen atoms in total. The number of likely N-dealkylation sites (tertiary alicyclic amines) is 1. The molecule has 1 fully saturated rings. The molecular weight excluding hydrogens is 350 g/mol. The van der Waals surface area contributed by atoms with Gasteiger partial charge >= 0.3 is 0 Å². The number of hydrogen-bond donors (Lipinski definition) is 1. The summed E-state index contributed by atoms with van der Waals surface area (Å²) in [6.07, 6.45) is 2.04. The van der Waals surface area contributed by atoms with Crippen molar-refractivity contribution >= 4 is 17.5 Å². The molecule has 0 aliphatic carbocycles. The third-order valence-corrected chi connectivity index (χ3v) is 5.39. The van der Waals surface area contributed by atoms with Crippen LogP contribution in [0.15, 0.2) is 54.6 Å². The average molecular weight is 380 g/mol. The van der Waals surface area contributed by atoms with Crippen molar-refractivity contribution in [3.8, 4) is 0 Å². The first-order valence-corrected chi connectivity index (χ1v) is 10.0. The van der Waals surface area contributed by atoms with Crippen molar-refractivity contribution in [2.45, 2.75) is 19.8 Å². The summed E-state index contributed by atoms with van der Waals surface area (Å²) < 4.78 is 0. The molecule has 0 aromatic heterocycles. The van der Waals surface area contributed by atoms with Gasteiger partial charge in [0.05, 0.1) is 0 Å². The van der Waals surface area contributed by atoms with E-state index >= 15 is 0 Å². The van der Waals surface area contributed by atoms with E-state index < -0.39 is 0 Å². The van der Waals surface area contributed by atoms with E-state index in [0.29, 0.717) is 17.0 Å². The van der Waals surface area contributed by atoms with E-state index in [4.69, 9.17) is 0 Å². The van der Waals surface area contributed by atoms with Gasteiger partial charge in [0.15, 0.2) is 0 Å². The quantitative estimate of drug-likeness (QED) is 0.837. The van der Waals surface area contributed by atoms with Gasteiger partial charge in [0.1, 0.15) is 0 Å². The molecular formula is C23H29N3O2. The minimum atomic E-state index is -0.120. The van der Waals surface area contributed by atoms with Crippen LogP contribution in [0, 0.1) is 5.92 Å². The van der Waals surface area contributed by atoms with Gasteiger partial charge in [-0.3, -0.25) is 9.59 Å². The number of amides is 2. The van der Waals surface area contributed by atoms with Crippen LogP contribution in [0.5, 0.6) is 0 Å². The zero-order valence-electron chi connectivity index (χ0n) is 16.7. The monoisotopic (exact) mass is 379 g/mol. The first-order chi connectivity index (χ1) is 13.6. The number of carbonyl (C=O) groups excluding carboxylic acids is 2. The smallest absolute Gasteiger partial charge is 0.258 e. The highest BCUT2D eigenvalue weighted by atomic mass is 16.2. The number of nitrogens with one attached hydrogen (secondary N) is 1. The molecule has 0 saturated carbocycles. The molecule has 0 bridgehead atoms. The van der Waals surface area contributed by atoms with Crippen LogP contribution < -0.4 is 10.2 Å². The predicted molar refractivity (Wildman–Crippen MR) is 113 cm³/mol. The van der Waals surface area contributed by atoms with E-state index in [0.717, 1.165) is 44.7 Å². The molecule has 3 rings (SSSR count). The lowest BCUT2D eigenvalue weighted by atomic mass is 9.96. The maximum Gasteiger partial charge on any atom is 0.258 e. The van der Waals surface area contributed by atoms with E-state index in [1.54, 1.807) is 36.2 Å². The Hall–Kier alpha value is -2.66. The van der Waals surface area contributed by atoms with Crippen LogP contribution in [-0.2, 0) is 0 Å². The fourth-order valence-corrected chi connectivity index (χ4v) is 3.62. The lowest BCUT2D eigenvalue weighted by Gasteiger charge is -2.32. The van der Waals surface area contributed by atoms with E-state index in [1.807, 2.05) is 35.2 Å². The SMILES string of the molecule is CCNCC1CCN(C(=O)c2cccc(C(=O)N(C)c3ccccc3)c2)CC1. The number of carbonyl (C=O) groups is 2. The number of anilines is 1. The van der Waals surface area contributed by atoms with Crippen molar-refractivity contribution in [3.05, 3.63) is 65.7 Å². The van der Waals surface area contributed by atoms with Crippen LogP contribution >= 0.6 is 0 Å². The second-order valence-electron chi connectivity index (χ2n) is 7.32. The van der Waals surface area contributed by atoms with Crippen LogP contribution in [0.3, 0.4) is 0 Å². The molecule has 28 heavy (non-hydrogen) atoms. The van der Waals surface area contributed by atoms with Crippen LogP contribution in [-0.4, -0.2) is 49.9 Å². The van der Waals surface area contributed by atoms with E-state index in [-0.39, 0.29) is 11.8 Å². The average Bonchev–Trinajstić information content (AvgIpc) is 2.77. The normalized spacial score (nSPS) is 14.7. The van der Waals surface area contributed by atoms with E-state index in [1.165, 1.54) is 0 Å². The maximum atomic E-state index is 12.9. The third kappa shape index (κ3) is 4.78. The molecule has 2 aromatic carbocycles. The summed E-state index contributed by atoms with van der Waals surface area (Å²) in [5, 5.41) is 3.39. The number of nitrogens with zero attached hydrogens (tertiary/aromatic N) is 2. The second-order valence-corrected chi connectivity index (χ2v) is 7.32. The van der Waals surface area contributed by atoms with Gasteiger partial charge in [0.2, 0.25) is 0 Å². The number of benzene rings is 2. The maximum absolute atomic E-state index is 12.9. The predicted octanol–water partition coefficient (Wildman–Crippen LogP) is 3.42. The van der Waals surface area contributed by atoms with Crippen molar-refractivity contribution in [2.75, 3.05) is 38.1 Å². The molecule has 0 radical (unpaired) electrons. The van der Waals surface area contributed by atoms with Gasteiger partial charge in [-0.1, -0.05) is 31.2 Å². The molecule has 5 heteroatoms. The summed E-state index contributed by atoms with van der Waals surface area (Å²) in [7, 11) is 1.75. The highest BCUT2D eigenvalue weighted by molar-refractivity contribution is 6.07. The van der Waals surface area contributed by atoms with Crippen LogP contribution in [0.4, 0.5) is 5.69 Å². The summed E-state index contributed by atoms with van der Waals surface area (Å²) in [6, 6.07) is 16.6. The Balaban J connectivity index is 1.66. The van der Waals surface area contributed by atoms with E-state index in [9.17, 15) is 9.59 Å². The van der Waals surface area contributed by atoms with Crippen LogP contribution in [0.1, 0.15) is 40.5 Å².